The number of carbonyl (C=O) groups is 6. The first-order chi connectivity index (χ1) is 55.6. The summed E-state index contributed by atoms with van der Waals surface area (Å²) in [6.07, 6.45) is -80.4. The largest absolute Gasteiger partial charge is 0.481 e. The van der Waals surface area contributed by atoms with E-state index in [1.807, 2.05) is 0 Å². The van der Waals surface area contributed by atoms with Crippen LogP contribution in [-0.4, -0.2) is 474 Å². The van der Waals surface area contributed by atoms with E-state index in [2.05, 4.69) is 0 Å². The average Bonchev–Trinajstić information content (AvgIpc) is 1.53. The quantitative estimate of drug-likeness (QED) is 0.0297. The standard InChI is InChI=1S/C66H102O44S7/c67-29(68)1-7-111-13-21-51-36(80)44(88)60(96-21)105-53-23(15-113-9-3-31(71)72)98-62(46(90)38(53)82)107-55-25(17-115-11-5-33(75)76)100-64(48(92)40(55)84)109-57-27-19-117-20-28-58(110-66(102-27)50(94)42(57)86)41(85)49(93)65(101-28)108-56-26(18-116-12-6-34(77)78)99-63(47(91)39(56)83)106-54-24(16-114-10-4-32(73)74)97-61(45(89)37(54)81)104-52-22(14-112-8-2-30(69)70)95-59(103-51)43(87)35(52)79/h21-28,35-66,79-94H,1-20H2,(H,67,68)(H,69,70)(H,71,72)(H,73,74)(H,75,76)(H,77,78)/t21-,22-,23-,24-,25-,26-,27-,28-,35-,36-,37-,38-,39-,40-,41-,42-,43-,44-,45-,46-,47-,48-,49-,50-,51-,52-,53-,54-,55-,56-,57-,58-,59-,60-,61-,62-,63-,64-,65-,66-/m1/s1. The van der Waals surface area contributed by atoms with Gasteiger partial charge in [-0.05, 0) is 0 Å². The molecule has 24 rings (SSSR count). The number of carboxylic acids is 6. The average molecular weight is 1820 g/mol. The smallest absolute Gasteiger partial charge is 0.304 e. The van der Waals surface area contributed by atoms with Gasteiger partial charge in [-0.1, -0.05) is 0 Å². The third kappa shape index (κ3) is 25.2. The molecule has 0 aromatic rings. The van der Waals surface area contributed by atoms with E-state index in [9.17, 15) is 141 Å². The number of aliphatic hydroxyl groups is 16. The predicted molar refractivity (Wildman–Crippen MR) is 399 cm³/mol. The Kier molecular flexibility index (Phi) is 37.7. The Balaban J connectivity index is 1.01. The highest BCUT2D eigenvalue weighted by atomic mass is 32.2. The van der Waals surface area contributed by atoms with Crippen LogP contribution in [0.25, 0.3) is 0 Å². The summed E-state index contributed by atoms with van der Waals surface area (Å²) in [4.78, 5) is 70.3. The van der Waals surface area contributed by atoms with Crippen molar-refractivity contribution >= 4 is 118 Å². The molecule has 0 unspecified atom stereocenters. The van der Waals surface area contributed by atoms with Crippen molar-refractivity contribution in [3.05, 3.63) is 0 Å². The molecule has 24 fully saturated rings. The molecule has 0 aromatic carbocycles. The first-order valence-electron chi connectivity index (χ1n) is 37.3. The van der Waals surface area contributed by atoms with E-state index in [0.29, 0.717) is 0 Å². The van der Waals surface area contributed by atoms with E-state index < -0.39 is 320 Å². The van der Waals surface area contributed by atoms with Crippen molar-refractivity contribution < 1.29 is 217 Å². The second-order valence-corrected chi connectivity index (χ2v) is 36.8. The third-order valence-electron chi connectivity index (χ3n) is 20.5. The lowest BCUT2D eigenvalue weighted by molar-refractivity contribution is -0.396. The zero-order valence-electron chi connectivity index (χ0n) is 61.9. The molecule has 0 aliphatic carbocycles. The molecule has 672 valence electrons. The highest BCUT2D eigenvalue weighted by Crippen LogP contribution is 2.43. The fraction of sp³-hybridized carbons (Fsp3) is 0.909. The molecule has 0 radical (unpaired) electrons. The summed E-state index contributed by atoms with van der Waals surface area (Å²) in [5.74, 6) is -10.4. The Morgan fingerprint density at radius 1 is 0.214 bits per heavy atom. The van der Waals surface area contributed by atoms with Crippen LogP contribution >= 0.6 is 82.3 Å². The van der Waals surface area contributed by atoms with Gasteiger partial charge >= 0.3 is 35.8 Å². The second-order valence-electron chi connectivity index (χ2n) is 28.8. The second kappa shape index (κ2) is 45.4. The number of thioether (sulfide) groups is 7. The van der Waals surface area contributed by atoms with Crippen LogP contribution in [0.2, 0.25) is 0 Å². The molecule has 44 nitrogen and oxygen atoms in total. The summed E-state index contributed by atoms with van der Waals surface area (Å²) in [7, 11) is 0. The predicted octanol–water partition coefficient (Wildman–Crippen LogP) is -8.35. The van der Waals surface area contributed by atoms with Crippen LogP contribution in [0.5, 0.6) is 0 Å². The Morgan fingerprint density at radius 3 is 0.521 bits per heavy atom. The summed E-state index contributed by atoms with van der Waals surface area (Å²) < 4.78 is 99.8. The lowest BCUT2D eigenvalue weighted by Crippen LogP contribution is -2.68. The first kappa shape index (κ1) is 97.2. The maximum absolute atomic E-state index is 12.2. The van der Waals surface area contributed by atoms with Gasteiger partial charge in [-0.2, -0.15) is 82.3 Å². The maximum Gasteiger partial charge on any atom is 0.304 e. The van der Waals surface area contributed by atoms with Gasteiger partial charge in [0.1, 0.15) is 146 Å². The summed E-state index contributed by atoms with van der Waals surface area (Å²) in [6.45, 7) is 0. The van der Waals surface area contributed by atoms with E-state index in [4.69, 9.17) is 75.8 Å². The van der Waals surface area contributed by atoms with Gasteiger partial charge in [0.2, 0.25) is 0 Å². The molecule has 0 saturated carbocycles. The van der Waals surface area contributed by atoms with Crippen LogP contribution in [0.4, 0.5) is 0 Å². The number of ether oxygens (including phenoxy) is 16. The topological polar surface area (TPSA) is 695 Å². The van der Waals surface area contributed by atoms with Crippen molar-refractivity contribution in [3.8, 4) is 0 Å². The van der Waals surface area contributed by atoms with Gasteiger partial charge in [0.05, 0.1) is 87.4 Å². The van der Waals surface area contributed by atoms with E-state index in [1.54, 1.807) is 0 Å². The van der Waals surface area contributed by atoms with Crippen molar-refractivity contribution in [1.29, 1.82) is 0 Å². The van der Waals surface area contributed by atoms with Crippen LogP contribution in [0.15, 0.2) is 0 Å². The van der Waals surface area contributed by atoms with Crippen molar-refractivity contribution in [3.63, 3.8) is 0 Å². The molecule has 24 aliphatic rings. The summed E-state index contributed by atoms with van der Waals surface area (Å²) in [5.41, 5.74) is 0. The highest BCUT2D eigenvalue weighted by Gasteiger charge is 2.61. The third-order valence-corrected chi connectivity index (χ3v) is 27.9. The maximum atomic E-state index is 12.2. The highest BCUT2D eigenvalue weighted by molar-refractivity contribution is 8.00. The molecule has 22 N–H and O–H groups in total. The lowest BCUT2D eigenvalue weighted by Gasteiger charge is -2.51. The Bertz CT molecular complexity index is 3090. The molecular weight excluding hydrogens is 1720 g/mol. The fourth-order valence-electron chi connectivity index (χ4n) is 14.3. The van der Waals surface area contributed by atoms with Crippen molar-refractivity contribution in [2.45, 2.75) is 284 Å². The van der Waals surface area contributed by atoms with Crippen LogP contribution in [0.1, 0.15) is 38.5 Å². The number of carboxylic acid groups (broad SMARTS) is 6. The molecular formula is C66H102O44S7. The van der Waals surface area contributed by atoms with E-state index in [1.165, 1.54) is 0 Å². The van der Waals surface area contributed by atoms with Crippen LogP contribution in [0.3, 0.4) is 0 Å². The molecule has 16 bridgehead atoms. The first-order valence-corrected chi connectivity index (χ1v) is 45.4. The van der Waals surface area contributed by atoms with Crippen molar-refractivity contribution in [2.75, 3.05) is 80.5 Å². The van der Waals surface area contributed by atoms with Crippen molar-refractivity contribution in [1.82, 2.24) is 0 Å². The summed E-state index contributed by atoms with van der Waals surface area (Å²) in [5, 5.41) is 250. The van der Waals surface area contributed by atoms with E-state index in [0.717, 1.165) is 82.3 Å². The SMILES string of the molecule is O=C(O)CCSC[C@H]1O[C@@H]2O[C@H]3[C@H](O)[C@@H](O)[C@@H](O[C@H]4[C@H](O)[C@@H](O)[C@@H](O[C@H]5[C@H](O)[C@@H](O)[C@H]6O[C@H]7[C@H](O)[C@@H](O)[C@@H](O[C@H]8[C@H](O)[C@@H](O)[C@@H](O[C@H]9[C@H](O)[C@@H](O)[C@@H](O[C@H]%10[C@H](O)[C@@H](O)[C@@H](O[C@H]1[C@H](O)[C@H]2O)O[C@@H]%10CSCCC(=O)O)O[C@@H]9CSCCC(=O)O)O[C@@H]8CSCCC(=O)O)O[C@@H]7CSC[C@H]5O6)O[C@@H]4CSCCC(=O)O)O[C@@H]3CSCCC(=O)O. The van der Waals surface area contributed by atoms with Crippen LogP contribution in [0, 0.1) is 0 Å². The molecule has 0 aromatic heterocycles. The fourth-order valence-corrected chi connectivity index (χ4v) is 21.3. The Hall–Kier alpha value is -2.01. The lowest BCUT2D eigenvalue weighted by atomic mass is 9.95. The van der Waals surface area contributed by atoms with Crippen LogP contribution in [-0.2, 0) is 105 Å². The zero-order valence-corrected chi connectivity index (χ0v) is 67.6. The zero-order chi connectivity index (χ0) is 85.0. The number of aliphatic carboxylic acids is 6. The molecule has 117 heavy (non-hydrogen) atoms. The number of fused-ring (bicyclic) bond motifs is 2. The number of rotatable bonds is 30. The minimum Gasteiger partial charge on any atom is -0.481 e. The molecule has 24 aliphatic heterocycles. The van der Waals surface area contributed by atoms with Gasteiger partial charge in [0, 0.05) is 80.5 Å². The molecule has 51 heteroatoms. The number of aliphatic hydroxyl groups excluding tert-OH is 16. The molecule has 0 spiro atoms. The molecule has 40 atom stereocenters. The van der Waals surface area contributed by atoms with Gasteiger partial charge in [0.25, 0.3) is 0 Å². The van der Waals surface area contributed by atoms with Gasteiger partial charge in [-0.3, -0.25) is 28.8 Å². The number of hydrogen-bond acceptors (Lipinski definition) is 45. The number of hydrogen-bond donors (Lipinski definition) is 22. The summed E-state index contributed by atoms with van der Waals surface area (Å²) in [6, 6.07) is 0. The minimum atomic E-state index is -2.29. The molecule has 0 amide bonds. The minimum absolute atomic E-state index is 0.0946. The van der Waals surface area contributed by atoms with Crippen molar-refractivity contribution in [2.24, 2.45) is 0 Å². The van der Waals surface area contributed by atoms with Gasteiger partial charge < -0.3 is 188 Å². The molecule has 24 saturated heterocycles. The monoisotopic (exact) mass is 1820 g/mol. The van der Waals surface area contributed by atoms with Crippen LogP contribution < -0.4 is 0 Å². The Morgan fingerprint density at radius 2 is 0.359 bits per heavy atom. The van der Waals surface area contributed by atoms with Gasteiger partial charge in [-0.25, -0.2) is 0 Å². The van der Waals surface area contributed by atoms with E-state index in [-0.39, 0.29) is 80.5 Å². The van der Waals surface area contributed by atoms with Gasteiger partial charge in [-0.15, -0.1) is 0 Å². The van der Waals surface area contributed by atoms with E-state index >= 15 is 0 Å². The molecule has 24 heterocycles. The Labute approximate surface area is 696 Å². The summed E-state index contributed by atoms with van der Waals surface area (Å²) >= 11 is 6.52. The normalized spacial score (nSPS) is 44.8. The van der Waals surface area contributed by atoms with Gasteiger partial charge in [0.15, 0.2) is 50.3 Å².